The van der Waals surface area contributed by atoms with Gasteiger partial charge in [0.1, 0.15) is 18.3 Å². The van der Waals surface area contributed by atoms with E-state index in [2.05, 4.69) is 5.32 Å². The van der Waals surface area contributed by atoms with Gasteiger partial charge in [0.05, 0.1) is 19.1 Å². The molecule has 0 fully saturated rings. The van der Waals surface area contributed by atoms with Crippen molar-refractivity contribution in [2.45, 2.75) is 59.2 Å². The van der Waals surface area contributed by atoms with Crippen molar-refractivity contribution in [3.8, 4) is 5.75 Å². The van der Waals surface area contributed by atoms with Gasteiger partial charge in [-0.2, -0.15) is 0 Å². The number of benzene rings is 2. The van der Waals surface area contributed by atoms with E-state index >= 15 is 0 Å². The fourth-order valence-electron chi connectivity index (χ4n) is 3.73. The molecule has 1 N–H and O–H groups in total. The number of carbonyl (C=O) groups is 2. The second-order valence-corrected chi connectivity index (χ2v) is 11.2. The maximum absolute atomic E-state index is 13.7. The van der Waals surface area contributed by atoms with E-state index in [9.17, 15) is 18.0 Å². The number of hydrogen-bond donors (Lipinski definition) is 1. The monoisotopic (exact) mass is 537 g/mol. The second kappa shape index (κ2) is 13.0. The van der Waals surface area contributed by atoms with Crippen molar-refractivity contribution in [3.63, 3.8) is 0 Å². The van der Waals surface area contributed by atoms with Crippen LogP contribution >= 0.6 is 11.6 Å². The van der Waals surface area contributed by atoms with E-state index in [1.54, 1.807) is 38.3 Å². The van der Waals surface area contributed by atoms with Gasteiger partial charge in [-0.1, -0.05) is 43.6 Å². The molecule has 0 spiro atoms. The van der Waals surface area contributed by atoms with Crippen LogP contribution in [0.25, 0.3) is 0 Å². The molecule has 0 aliphatic carbocycles. The number of methoxy groups -OCH3 is 1. The van der Waals surface area contributed by atoms with Crippen LogP contribution in [0.5, 0.6) is 5.75 Å². The number of ether oxygens (including phenoxy) is 1. The summed E-state index contributed by atoms with van der Waals surface area (Å²) < 4.78 is 31.8. The number of anilines is 1. The number of amides is 2. The number of halogens is 1. The summed E-state index contributed by atoms with van der Waals surface area (Å²) in [6, 6.07) is 11.2. The minimum atomic E-state index is -3.83. The van der Waals surface area contributed by atoms with Crippen LogP contribution in [0, 0.1) is 6.92 Å². The van der Waals surface area contributed by atoms with Crippen LogP contribution in [-0.2, 0) is 26.2 Å². The topological polar surface area (TPSA) is 96.0 Å². The van der Waals surface area contributed by atoms with Gasteiger partial charge in [-0.05, 0) is 62.1 Å². The Balaban J connectivity index is 2.48. The summed E-state index contributed by atoms with van der Waals surface area (Å²) in [6.45, 7) is 7.09. The van der Waals surface area contributed by atoms with Gasteiger partial charge in [-0.25, -0.2) is 8.42 Å². The third kappa shape index (κ3) is 7.86. The highest BCUT2D eigenvalue weighted by molar-refractivity contribution is 7.92. The van der Waals surface area contributed by atoms with E-state index in [0.29, 0.717) is 28.4 Å². The summed E-state index contributed by atoms with van der Waals surface area (Å²) in [7, 11) is -2.27. The largest absolute Gasteiger partial charge is 0.497 e. The van der Waals surface area contributed by atoms with Crippen molar-refractivity contribution in [3.05, 3.63) is 58.6 Å². The van der Waals surface area contributed by atoms with Crippen molar-refractivity contribution < 1.29 is 22.7 Å². The standard InChI is InChI=1S/C26H36ClN3O5S/c1-7-19(4)28-26(32)23(8-2)29(16-20-10-13-22(35-5)14-11-20)25(31)17-30(36(6,33)34)24-15-21(27)12-9-18(24)3/h9-15,19,23H,7-8,16-17H2,1-6H3,(H,28,32)/t19-,23-/m0/s1. The first kappa shape index (κ1) is 29.5. The van der Waals surface area contributed by atoms with E-state index in [1.807, 2.05) is 32.9 Å². The van der Waals surface area contributed by atoms with Crippen molar-refractivity contribution in [1.82, 2.24) is 10.2 Å². The lowest BCUT2D eigenvalue weighted by Crippen LogP contribution is -2.53. The number of rotatable bonds is 12. The fourth-order valence-corrected chi connectivity index (χ4v) is 4.80. The number of nitrogens with one attached hydrogen (secondary N) is 1. The quantitative estimate of drug-likeness (QED) is 0.439. The van der Waals surface area contributed by atoms with Crippen molar-refractivity contribution >= 4 is 39.1 Å². The molecule has 0 aliphatic heterocycles. The maximum Gasteiger partial charge on any atom is 0.244 e. The first-order chi connectivity index (χ1) is 16.9. The van der Waals surface area contributed by atoms with Gasteiger partial charge < -0.3 is 15.0 Å². The lowest BCUT2D eigenvalue weighted by molar-refractivity contribution is -0.140. The highest BCUT2D eigenvalue weighted by Crippen LogP contribution is 2.27. The molecular weight excluding hydrogens is 502 g/mol. The highest BCUT2D eigenvalue weighted by Gasteiger charge is 2.32. The average Bonchev–Trinajstić information content (AvgIpc) is 2.83. The van der Waals surface area contributed by atoms with Crippen molar-refractivity contribution in [2.75, 3.05) is 24.2 Å². The van der Waals surface area contributed by atoms with Crippen LogP contribution in [-0.4, -0.2) is 57.1 Å². The SMILES string of the molecule is CC[C@H](C)NC(=O)[C@H](CC)N(Cc1ccc(OC)cc1)C(=O)CN(c1cc(Cl)ccc1C)S(C)(=O)=O. The lowest BCUT2D eigenvalue weighted by Gasteiger charge is -2.33. The van der Waals surface area contributed by atoms with Gasteiger partial charge in [0.25, 0.3) is 0 Å². The van der Waals surface area contributed by atoms with Crippen LogP contribution in [0.15, 0.2) is 42.5 Å². The molecule has 0 aromatic heterocycles. The maximum atomic E-state index is 13.7. The summed E-state index contributed by atoms with van der Waals surface area (Å²) in [5.41, 5.74) is 1.75. The van der Waals surface area contributed by atoms with Gasteiger partial charge in [-0.3, -0.25) is 13.9 Å². The number of aryl methyl sites for hydroxylation is 1. The lowest BCUT2D eigenvalue weighted by atomic mass is 10.1. The fraction of sp³-hybridized carbons (Fsp3) is 0.462. The molecule has 0 bridgehead atoms. The Labute approximate surface area is 219 Å². The Bertz CT molecular complexity index is 1150. The van der Waals surface area contributed by atoms with Gasteiger partial charge in [-0.15, -0.1) is 0 Å². The second-order valence-electron chi connectivity index (χ2n) is 8.81. The highest BCUT2D eigenvalue weighted by atomic mass is 35.5. The van der Waals surface area contributed by atoms with Gasteiger partial charge in [0, 0.05) is 17.6 Å². The average molecular weight is 538 g/mol. The molecule has 0 radical (unpaired) electrons. The molecule has 0 aliphatic rings. The van der Waals surface area contributed by atoms with Crippen LogP contribution in [0.2, 0.25) is 5.02 Å². The van der Waals surface area contributed by atoms with E-state index < -0.39 is 28.5 Å². The Morgan fingerprint density at radius 2 is 1.72 bits per heavy atom. The van der Waals surface area contributed by atoms with Crippen LogP contribution in [0.3, 0.4) is 0 Å². The normalized spacial score (nSPS) is 13.0. The molecular formula is C26H36ClN3O5S. The zero-order valence-corrected chi connectivity index (χ0v) is 23.3. The summed E-state index contributed by atoms with van der Waals surface area (Å²) in [5.74, 6) is -0.113. The molecule has 2 rings (SSSR count). The Morgan fingerprint density at radius 1 is 1.08 bits per heavy atom. The number of carbonyl (C=O) groups excluding carboxylic acids is 2. The number of nitrogens with zero attached hydrogens (tertiary/aromatic N) is 2. The Morgan fingerprint density at radius 3 is 2.25 bits per heavy atom. The summed E-state index contributed by atoms with van der Waals surface area (Å²) in [4.78, 5) is 28.3. The Hall–Kier alpha value is -2.78. The smallest absolute Gasteiger partial charge is 0.244 e. The molecule has 2 aromatic carbocycles. The van der Waals surface area contributed by atoms with Gasteiger partial charge in [0.15, 0.2) is 0 Å². The zero-order chi connectivity index (χ0) is 27.0. The molecule has 10 heteroatoms. The molecule has 198 valence electrons. The predicted octanol–water partition coefficient (Wildman–Crippen LogP) is 4.15. The molecule has 2 amide bonds. The van der Waals surface area contributed by atoms with Crippen LogP contribution in [0.1, 0.15) is 44.7 Å². The van der Waals surface area contributed by atoms with Gasteiger partial charge >= 0.3 is 0 Å². The molecule has 8 nitrogen and oxygen atoms in total. The third-order valence-electron chi connectivity index (χ3n) is 6.02. The van der Waals surface area contributed by atoms with E-state index in [0.717, 1.165) is 22.5 Å². The van der Waals surface area contributed by atoms with Crippen LogP contribution in [0.4, 0.5) is 5.69 Å². The first-order valence-electron chi connectivity index (χ1n) is 11.9. The van der Waals surface area contributed by atoms with Crippen molar-refractivity contribution in [1.29, 1.82) is 0 Å². The third-order valence-corrected chi connectivity index (χ3v) is 7.38. The molecule has 2 aromatic rings. The first-order valence-corrected chi connectivity index (χ1v) is 14.1. The predicted molar refractivity (Wildman–Crippen MR) is 144 cm³/mol. The molecule has 0 heterocycles. The van der Waals surface area contributed by atoms with Crippen molar-refractivity contribution in [2.24, 2.45) is 0 Å². The van der Waals surface area contributed by atoms with Gasteiger partial charge in [0.2, 0.25) is 21.8 Å². The number of sulfonamides is 1. The minimum absolute atomic E-state index is 0.0638. The van der Waals surface area contributed by atoms with Crippen LogP contribution < -0.4 is 14.4 Å². The molecule has 0 saturated heterocycles. The summed E-state index contributed by atoms with van der Waals surface area (Å²) in [6.07, 6.45) is 2.14. The molecule has 0 unspecified atom stereocenters. The van der Waals surface area contributed by atoms with E-state index in [1.165, 1.54) is 11.0 Å². The number of hydrogen-bond acceptors (Lipinski definition) is 5. The minimum Gasteiger partial charge on any atom is -0.497 e. The molecule has 0 saturated carbocycles. The molecule has 36 heavy (non-hydrogen) atoms. The van der Waals surface area contributed by atoms with E-state index in [-0.39, 0.29) is 18.5 Å². The summed E-state index contributed by atoms with van der Waals surface area (Å²) >= 11 is 6.14. The summed E-state index contributed by atoms with van der Waals surface area (Å²) in [5, 5.41) is 3.30. The van der Waals surface area contributed by atoms with E-state index in [4.69, 9.17) is 16.3 Å². The zero-order valence-electron chi connectivity index (χ0n) is 21.7. The Kier molecular flexibility index (Phi) is 10.6. The molecule has 2 atom stereocenters.